The highest BCUT2D eigenvalue weighted by Crippen LogP contribution is 2.58. The normalized spacial score (nSPS) is 29.6. The lowest BCUT2D eigenvalue weighted by atomic mass is 9.52. The van der Waals surface area contributed by atoms with Gasteiger partial charge in [-0.3, -0.25) is 4.79 Å². The number of phenols is 2. The lowest BCUT2D eigenvalue weighted by Crippen LogP contribution is -2.45. The molecule has 2 atom stereocenters. The number of carbonyl (C=O) groups is 1. The number of hydrogen-bond acceptors (Lipinski definition) is 3. The summed E-state index contributed by atoms with van der Waals surface area (Å²) in [4.78, 5) is 11.0. The average molecular weight is 286 g/mol. The van der Waals surface area contributed by atoms with Crippen LogP contribution < -0.4 is 0 Å². The van der Waals surface area contributed by atoms with E-state index in [1.807, 2.05) is 6.08 Å². The van der Waals surface area contributed by atoms with E-state index >= 15 is 0 Å². The third-order valence-electron chi connectivity index (χ3n) is 5.55. The Morgan fingerprint density at radius 2 is 1.95 bits per heavy atom. The zero-order valence-corrected chi connectivity index (χ0v) is 12.8. The van der Waals surface area contributed by atoms with Crippen LogP contribution in [0.1, 0.15) is 61.5 Å². The van der Waals surface area contributed by atoms with Gasteiger partial charge in [0.2, 0.25) is 0 Å². The van der Waals surface area contributed by atoms with Crippen LogP contribution in [0, 0.1) is 11.3 Å². The first-order chi connectivity index (χ1) is 9.81. The molecule has 1 saturated carbocycles. The number of phenolic OH excluding ortho intramolecular Hbond substituents is 2. The first kappa shape index (κ1) is 14.2. The molecule has 1 aromatic carbocycles. The molecule has 2 aliphatic rings. The van der Waals surface area contributed by atoms with Crippen molar-refractivity contribution in [3.63, 3.8) is 0 Å². The van der Waals surface area contributed by atoms with Gasteiger partial charge >= 0.3 is 0 Å². The Morgan fingerprint density at radius 3 is 2.62 bits per heavy atom. The van der Waals surface area contributed by atoms with E-state index in [2.05, 4.69) is 26.8 Å². The number of aromatic hydroxyl groups is 2. The summed E-state index contributed by atoms with van der Waals surface area (Å²) in [5.74, 6) is 0.426. The lowest BCUT2D eigenvalue weighted by Gasteiger charge is -2.52. The molecule has 3 heteroatoms. The molecule has 2 unspecified atom stereocenters. The van der Waals surface area contributed by atoms with Gasteiger partial charge < -0.3 is 10.2 Å². The first-order valence-corrected chi connectivity index (χ1v) is 7.54. The van der Waals surface area contributed by atoms with E-state index in [4.69, 9.17) is 0 Å². The summed E-state index contributed by atoms with van der Waals surface area (Å²) in [5.41, 5.74) is 1.51. The number of carbonyl (C=O) groups excluding carboxylic acids is 1. The molecule has 1 fully saturated rings. The maximum Gasteiger partial charge on any atom is 0.153 e. The maximum atomic E-state index is 11.0. The van der Waals surface area contributed by atoms with Crippen LogP contribution in [0.3, 0.4) is 0 Å². The summed E-state index contributed by atoms with van der Waals surface area (Å²) in [6, 6.07) is 1.39. The fraction of sp³-hybridized carbons (Fsp3) is 0.500. The van der Waals surface area contributed by atoms with Crippen LogP contribution in [0.4, 0.5) is 0 Å². The second-order valence-electron chi connectivity index (χ2n) is 7.34. The minimum atomic E-state index is -0.200. The van der Waals surface area contributed by atoms with Crippen LogP contribution in [-0.2, 0) is 5.41 Å². The largest absolute Gasteiger partial charge is 0.508 e. The number of benzene rings is 1. The summed E-state index contributed by atoms with van der Waals surface area (Å²) in [5, 5.41) is 20.8. The van der Waals surface area contributed by atoms with Gasteiger partial charge in [0.1, 0.15) is 11.5 Å². The van der Waals surface area contributed by atoms with Crippen molar-refractivity contribution in [1.82, 2.24) is 0 Å². The predicted octanol–water partition coefficient (Wildman–Crippen LogP) is 4.02. The smallest absolute Gasteiger partial charge is 0.153 e. The van der Waals surface area contributed by atoms with Gasteiger partial charge in [-0.05, 0) is 30.2 Å². The van der Waals surface area contributed by atoms with Gasteiger partial charge in [0.25, 0.3) is 0 Å². The van der Waals surface area contributed by atoms with Crippen molar-refractivity contribution in [2.75, 3.05) is 0 Å². The molecule has 21 heavy (non-hydrogen) atoms. The van der Waals surface area contributed by atoms with Crippen LogP contribution in [-0.4, -0.2) is 16.5 Å². The molecule has 0 radical (unpaired) electrons. The van der Waals surface area contributed by atoms with Crippen molar-refractivity contribution in [3.8, 4) is 11.5 Å². The SMILES string of the molecule is CC1(C)CCCC2(C)c3c(O)cc(C=O)c(O)c3C=CC12. The van der Waals surface area contributed by atoms with Gasteiger partial charge in [0, 0.05) is 16.5 Å². The molecule has 0 amide bonds. The lowest BCUT2D eigenvalue weighted by molar-refractivity contribution is 0.0888. The summed E-state index contributed by atoms with van der Waals surface area (Å²) >= 11 is 0. The summed E-state index contributed by atoms with van der Waals surface area (Å²) in [7, 11) is 0. The number of hydrogen-bond donors (Lipinski definition) is 2. The highest BCUT2D eigenvalue weighted by Gasteiger charge is 2.49. The topological polar surface area (TPSA) is 57.5 Å². The Morgan fingerprint density at radius 1 is 1.24 bits per heavy atom. The van der Waals surface area contributed by atoms with Crippen molar-refractivity contribution in [2.45, 2.75) is 45.4 Å². The second-order valence-corrected chi connectivity index (χ2v) is 7.34. The van der Waals surface area contributed by atoms with E-state index < -0.39 is 0 Å². The van der Waals surface area contributed by atoms with Crippen LogP contribution in [0.25, 0.3) is 6.08 Å². The highest BCUT2D eigenvalue weighted by molar-refractivity contribution is 5.85. The maximum absolute atomic E-state index is 11.0. The molecule has 0 saturated heterocycles. The zero-order chi connectivity index (χ0) is 15.4. The molecule has 0 spiro atoms. The monoisotopic (exact) mass is 286 g/mol. The van der Waals surface area contributed by atoms with Crippen molar-refractivity contribution >= 4 is 12.4 Å². The average Bonchev–Trinajstić information content (AvgIpc) is 2.40. The molecule has 0 aliphatic heterocycles. The van der Waals surface area contributed by atoms with Crippen LogP contribution in [0.15, 0.2) is 12.1 Å². The van der Waals surface area contributed by atoms with E-state index in [0.29, 0.717) is 17.8 Å². The molecule has 2 N–H and O–H groups in total. The van der Waals surface area contributed by atoms with Gasteiger partial charge in [-0.1, -0.05) is 39.3 Å². The molecule has 0 aromatic heterocycles. The number of rotatable bonds is 1. The minimum Gasteiger partial charge on any atom is -0.508 e. The Bertz CT molecular complexity index is 642. The van der Waals surface area contributed by atoms with E-state index in [0.717, 1.165) is 24.8 Å². The second kappa shape index (κ2) is 4.36. The third-order valence-corrected chi connectivity index (χ3v) is 5.55. The predicted molar refractivity (Wildman–Crippen MR) is 82.7 cm³/mol. The molecule has 0 bridgehead atoms. The standard InChI is InChI=1S/C18H22O3/c1-17(2)7-4-8-18(3)14(17)6-5-12-15(18)13(20)9-11(10-19)16(12)21/h5-6,9-10,14,20-21H,4,7-8H2,1-3H3. The van der Waals surface area contributed by atoms with Crippen LogP contribution >= 0.6 is 0 Å². The Balaban J connectivity index is 2.28. The van der Waals surface area contributed by atoms with Crippen molar-refractivity contribution in [3.05, 3.63) is 28.8 Å². The minimum absolute atomic E-state index is 0.0166. The number of aldehydes is 1. The van der Waals surface area contributed by atoms with E-state index in [9.17, 15) is 15.0 Å². The van der Waals surface area contributed by atoms with E-state index in [-0.39, 0.29) is 27.9 Å². The summed E-state index contributed by atoms with van der Waals surface area (Å²) < 4.78 is 0. The Kier molecular flexibility index (Phi) is 2.94. The first-order valence-electron chi connectivity index (χ1n) is 7.54. The van der Waals surface area contributed by atoms with Gasteiger partial charge in [0.15, 0.2) is 6.29 Å². The summed E-state index contributed by atoms with van der Waals surface area (Å²) in [6.07, 6.45) is 7.84. The molecule has 0 heterocycles. The number of allylic oxidation sites excluding steroid dienone is 1. The molecule has 3 nitrogen and oxygen atoms in total. The molecule has 2 aliphatic carbocycles. The molecular formula is C18H22O3. The van der Waals surface area contributed by atoms with Gasteiger partial charge in [-0.2, -0.15) is 0 Å². The van der Waals surface area contributed by atoms with E-state index in [1.54, 1.807) is 0 Å². The fourth-order valence-corrected chi connectivity index (χ4v) is 4.58. The third kappa shape index (κ3) is 1.83. The fourth-order valence-electron chi connectivity index (χ4n) is 4.58. The molecule has 112 valence electrons. The Labute approximate surface area is 125 Å². The van der Waals surface area contributed by atoms with Gasteiger partial charge in [-0.25, -0.2) is 0 Å². The zero-order valence-electron chi connectivity index (χ0n) is 12.8. The van der Waals surface area contributed by atoms with Crippen LogP contribution in [0.2, 0.25) is 0 Å². The number of fused-ring (bicyclic) bond motifs is 3. The van der Waals surface area contributed by atoms with Crippen molar-refractivity contribution in [2.24, 2.45) is 11.3 Å². The molecular weight excluding hydrogens is 264 g/mol. The quantitative estimate of drug-likeness (QED) is 0.605. The molecule has 3 rings (SSSR count). The summed E-state index contributed by atoms with van der Waals surface area (Å²) in [6.45, 7) is 6.70. The van der Waals surface area contributed by atoms with E-state index in [1.165, 1.54) is 6.07 Å². The van der Waals surface area contributed by atoms with Gasteiger partial charge in [0.05, 0.1) is 5.56 Å². The van der Waals surface area contributed by atoms with Gasteiger partial charge in [-0.15, -0.1) is 0 Å². The Hall–Kier alpha value is -1.77. The van der Waals surface area contributed by atoms with Crippen LogP contribution in [0.5, 0.6) is 11.5 Å². The highest BCUT2D eigenvalue weighted by atomic mass is 16.3. The van der Waals surface area contributed by atoms with Crippen molar-refractivity contribution in [1.29, 1.82) is 0 Å². The molecule has 1 aromatic rings. The van der Waals surface area contributed by atoms with Crippen molar-refractivity contribution < 1.29 is 15.0 Å².